The van der Waals surface area contributed by atoms with E-state index in [0.717, 1.165) is 12.2 Å². The first-order valence-electron chi connectivity index (χ1n) is 6.79. The Kier molecular flexibility index (Phi) is 3.77. The molecule has 1 aromatic rings. The van der Waals surface area contributed by atoms with E-state index >= 15 is 0 Å². The molecular weight excluding hydrogens is 222 g/mol. The van der Waals surface area contributed by atoms with Crippen LogP contribution in [-0.2, 0) is 13.6 Å². The van der Waals surface area contributed by atoms with Crippen molar-refractivity contribution in [1.29, 1.82) is 5.26 Å². The van der Waals surface area contributed by atoms with Gasteiger partial charge in [-0.2, -0.15) is 5.26 Å². The summed E-state index contributed by atoms with van der Waals surface area (Å²) in [5.74, 6) is 0. The summed E-state index contributed by atoms with van der Waals surface area (Å²) in [6.07, 6.45) is 7.24. The molecule has 1 aliphatic carbocycles. The van der Waals surface area contributed by atoms with E-state index in [1.54, 1.807) is 0 Å². The fraction of sp³-hybridized carbons (Fsp3) is 0.667. The lowest BCUT2D eigenvalue weighted by Gasteiger charge is -2.35. The van der Waals surface area contributed by atoms with E-state index in [4.69, 9.17) is 5.26 Å². The minimum Gasteiger partial charge on any atom is -0.342 e. The Hall–Kier alpha value is -1.27. The van der Waals surface area contributed by atoms with Gasteiger partial charge in [-0.3, -0.25) is 0 Å². The van der Waals surface area contributed by atoms with Crippen LogP contribution in [0.15, 0.2) is 12.3 Å². The first kappa shape index (κ1) is 13.2. The summed E-state index contributed by atoms with van der Waals surface area (Å²) in [6, 6.07) is 4.80. The first-order chi connectivity index (χ1) is 8.50. The highest BCUT2D eigenvalue weighted by atomic mass is 15.0. The van der Waals surface area contributed by atoms with E-state index in [1.165, 1.54) is 31.2 Å². The maximum Gasteiger partial charge on any atom is 0.120 e. The van der Waals surface area contributed by atoms with E-state index in [2.05, 4.69) is 25.2 Å². The topological polar surface area (TPSA) is 40.8 Å². The normalized spacial score (nSPS) is 22.7. The molecular formula is C15H23N3. The minimum atomic E-state index is 0.477. The van der Waals surface area contributed by atoms with Gasteiger partial charge in [-0.05, 0) is 36.3 Å². The molecule has 3 nitrogen and oxygen atoms in total. The average molecular weight is 245 g/mol. The van der Waals surface area contributed by atoms with Crippen molar-refractivity contribution >= 4 is 0 Å². The molecule has 1 fully saturated rings. The maximum absolute atomic E-state index is 8.93. The van der Waals surface area contributed by atoms with Crippen molar-refractivity contribution in [3.8, 4) is 6.07 Å². The van der Waals surface area contributed by atoms with Crippen LogP contribution < -0.4 is 5.32 Å². The Bertz CT molecular complexity index is 451. The van der Waals surface area contributed by atoms with Crippen LogP contribution in [0.2, 0.25) is 0 Å². The summed E-state index contributed by atoms with van der Waals surface area (Å²) < 4.78 is 1.89. The summed E-state index contributed by atoms with van der Waals surface area (Å²) in [7, 11) is 1.92. The van der Waals surface area contributed by atoms with Gasteiger partial charge in [0.15, 0.2) is 0 Å². The molecule has 1 heterocycles. The molecule has 1 unspecified atom stereocenters. The van der Waals surface area contributed by atoms with E-state index in [9.17, 15) is 0 Å². The summed E-state index contributed by atoms with van der Waals surface area (Å²) in [5, 5.41) is 12.6. The standard InChI is InChI=1S/C15H23N3/c1-15(2)6-4-5-13(8-15)17-10-12-7-14(9-16)18(3)11-12/h7,11,13,17H,4-6,8,10H2,1-3H3. The zero-order valence-electron chi connectivity index (χ0n) is 11.7. The van der Waals surface area contributed by atoms with Gasteiger partial charge in [-0.1, -0.05) is 20.3 Å². The zero-order valence-corrected chi connectivity index (χ0v) is 11.7. The van der Waals surface area contributed by atoms with Gasteiger partial charge in [-0.25, -0.2) is 0 Å². The third-order valence-corrected chi connectivity index (χ3v) is 3.98. The van der Waals surface area contributed by atoms with Gasteiger partial charge in [0, 0.05) is 25.8 Å². The van der Waals surface area contributed by atoms with Crippen LogP contribution in [0.4, 0.5) is 0 Å². The fourth-order valence-electron chi connectivity index (χ4n) is 2.98. The molecule has 0 radical (unpaired) electrons. The predicted octanol–water partition coefficient (Wildman–Crippen LogP) is 2.96. The van der Waals surface area contributed by atoms with Crippen molar-refractivity contribution in [3.63, 3.8) is 0 Å². The number of nitriles is 1. The van der Waals surface area contributed by atoms with Crippen molar-refractivity contribution in [2.24, 2.45) is 12.5 Å². The van der Waals surface area contributed by atoms with Gasteiger partial charge in [0.2, 0.25) is 0 Å². The lowest BCUT2D eigenvalue weighted by atomic mass is 9.75. The van der Waals surface area contributed by atoms with E-state index in [-0.39, 0.29) is 0 Å². The van der Waals surface area contributed by atoms with Gasteiger partial charge in [0.1, 0.15) is 11.8 Å². The van der Waals surface area contributed by atoms with Crippen LogP contribution >= 0.6 is 0 Å². The molecule has 98 valence electrons. The summed E-state index contributed by atoms with van der Waals surface area (Å²) >= 11 is 0. The number of rotatable bonds is 3. The quantitative estimate of drug-likeness (QED) is 0.889. The van der Waals surface area contributed by atoms with Crippen molar-refractivity contribution in [2.45, 2.75) is 52.1 Å². The van der Waals surface area contributed by atoms with Crippen LogP contribution in [-0.4, -0.2) is 10.6 Å². The molecule has 3 heteroatoms. The number of aromatic nitrogens is 1. The van der Waals surface area contributed by atoms with Crippen molar-refractivity contribution in [3.05, 3.63) is 23.5 Å². The molecule has 0 spiro atoms. The van der Waals surface area contributed by atoms with Crippen LogP contribution in [0.1, 0.15) is 50.8 Å². The lowest BCUT2D eigenvalue weighted by Crippen LogP contribution is -2.36. The average Bonchev–Trinajstić information content (AvgIpc) is 2.66. The highest BCUT2D eigenvalue weighted by Gasteiger charge is 2.27. The maximum atomic E-state index is 8.93. The fourth-order valence-corrected chi connectivity index (χ4v) is 2.98. The Balaban J connectivity index is 1.89. The molecule has 1 aromatic heterocycles. The summed E-state index contributed by atoms with van der Waals surface area (Å²) in [6.45, 7) is 5.59. The number of aryl methyl sites for hydroxylation is 1. The molecule has 0 saturated heterocycles. The zero-order chi connectivity index (χ0) is 13.2. The largest absolute Gasteiger partial charge is 0.342 e. The highest BCUT2D eigenvalue weighted by molar-refractivity contribution is 5.28. The number of hydrogen-bond acceptors (Lipinski definition) is 2. The molecule has 0 amide bonds. The van der Waals surface area contributed by atoms with Crippen molar-refractivity contribution in [2.75, 3.05) is 0 Å². The molecule has 1 aliphatic rings. The molecule has 1 saturated carbocycles. The Morgan fingerprint density at radius 2 is 2.33 bits per heavy atom. The second-order valence-corrected chi connectivity index (χ2v) is 6.29. The van der Waals surface area contributed by atoms with Crippen LogP contribution in [0, 0.1) is 16.7 Å². The van der Waals surface area contributed by atoms with E-state index < -0.39 is 0 Å². The van der Waals surface area contributed by atoms with Gasteiger partial charge >= 0.3 is 0 Å². The minimum absolute atomic E-state index is 0.477. The van der Waals surface area contributed by atoms with E-state index in [1.807, 2.05) is 23.9 Å². The van der Waals surface area contributed by atoms with Gasteiger partial charge in [-0.15, -0.1) is 0 Å². The number of nitrogens with one attached hydrogen (secondary N) is 1. The van der Waals surface area contributed by atoms with Gasteiger partial charge < -0.3 is 9.88 Å². The van der Waals surface area contributed by atoms with Gasteiger partial charge in [0.25, 0.3) is 0 Å². The molecule has 18 heavy (non-hydrogen) atoms. The van der Waals surface area contributed by atoms with Crippen LogP contribution in [0.25, 0.3) is 0 Å². The summed E-state index contributed by atoms with van der Waals surface area (Å²) in [5.41, 5.74) is 2.41. The lowest BCUT2D eigenvalue weighted by molar-refractivity contribution is 0.198. The SMILES string of the molecule is Cn1cc(CNC2CCCC(C)(C)C2)cc1C#N. The van der Waals surface area contributed by atoms with Crippen LogP contribution in [0.5, 0.6) is 0 Å². The van der Waals surface area contributed by atoms with Crippen molar-refractivity contribution in [1.82, 2.24) is 9.88 Å². The molecule has 1 atom stereocenters. The third-order valence-electron chi connectivity index (χ3n) is 3.98. The van der Waals surface area contributed by atoms with Crippen LogP contribution in [0.3, 0.4) is 0 Å². The molecule has 1 N–H and O–H groups in total. The van der Waals surface area contributed by atoms with Gasteiger partial charge in [0.05, 0.1) is 0 Å². The second-order valence-electron chi connectivity index (χ2n) is 6.29. The Labute approximate surface area is 110 Å². The summed E-state index contributed by atoms with van der Waals surface area (Å²) in [4.78, 5) is 0. The Morgan fingerprint density at radius 3 is 2.94 bits per heavy atom. The highest BCUT2D eigenvalue weighted by Crippen LogP contribution is 2.35. The molecule has 0 aliphatic heterocycles. The second kappa shape index (κ2) is 5.16. The molecule has 0 bridgehead atoms. The predicted molar refractivity (Wildman–Crippen MR) is 73.0 cm³/mol. The first-order valence-corrected chi connectivity index (χ1v) is 6.79. The Morgan fingerprint density at radius 1 is 1.56 bits per heavy atom. The number of nitrogens with zero attached hydrogens (tertiary/aromatic N) is 2. The van der Waals surface area contributed by atoms with Crippen molar-refractivity contribution < 1.29 is 0 Å². The van der Waals surface area contributed by atoms with E-state index in [0.29, 0.717) is 11.5 Å². The molecule has 0 aromatic carbocycles. The number of hydrogen-bond donors (Lipinski definition) is 1. The monoisotopic (exact) mass is 245 g/mol. The third kappa shape index (κ3) is 3.14. The smallest absolute Gasteiger partial charge is 0.120 e. The molecule has 2 rings (SSSR count).